The predicted molar refractivity (Wildman–Crippen MR) is 150 cm³/mol. The van der Waals surface area contributed by atoms with Crippen LogP contribution in [0.15, 0.2) is 84.9 Å². The molecule has 2 atom stereocenters. The zero-order chi connectivity index (χ0) is 28.0. The predicted octanol–water partition coefficient (Wildman–Crippen LogP) is 5.41. The second kappa shape index (κ2) is 14.8. The number of allylic oxidation sites excluding steroid dienone is 1. The Bertz CT molecular complexity index is 1320. The smallest absolute Gasteiger partial charge is 0.412 e. The fourth-order valence-electron chi connectivity index (χ4n) is 3.83. The van der Waals surface area contributed by atoms with Crippen LogP contribution in [-0.4, -0.2) is 30.3 Å². The van der Waals surface area contributed by atoms with Crippen LogP contribution in [0.5, 0.6) is 5.75 Å². The number of benzene rings is 3. The third-order valence-electron chi connectivity index (χ3n) is 5.83. The summed E-state index contributed by atoms with van der Waals surface area (Å²) in [6, 6.07) is 22.7. The lowest BCUT2D eigenvalue weighted by Gasteiger charge is -2.25. The molecule has 0 bridgehead atoms. The van der Waals surface area contributed by atoms with E-state index in [1.54, 1.807) is 72.8 Å². The van der Waals surface area contributed by atoms with Crippen molar-refractivity contribution in [2.45, 2.75) is 25.9 Å². The summed E-state index contributed by atoms with van der Waals surface area (Å²) in [5.74, 6) is 0.137. The molecule has 0 aliphatic carbocycles. The Morgan fingerprint density at radius 2 is 1.85 bits per heavy atom. The van der Waals surface area contributed by atoms with Gasteiger partial charge in [0.25, 0.3) is 0 Å². The fraction of sp³-hybridized carbons (Fsp3) is 0.233. The molecule has 0 unspecified atom stereocenters. The van der Waals surface area contributed by atoms with Gasteiger partial charge >= 0.3 is 6.09 Å². The molecule has 0 aromatic heterocycles. The van der Waals surface area contributed by atoms with Crippen LogP contribution in [0.2, 0.25) is 0 Å². The highest BCUT2D eigenvalue weighted by molar-refractivity contribution is 6.01. The highest BCUT2D eigenvalue weighted by Crippen LogP contribution is 2.32. The van der Waals surface area contributed by atoms with E-state index in [4.69, 9.17) is 25.6 Å². The maximum Gasteiger partial charge on any atom is 0.412 e. The Labute approximate surface area is 227 Å². The molecule has 0 radical (unpaired) electrons. The summed E-state index contributed by atoms with van der Waals surface area (Å²) < 4.78 is 11.4. The van der Waals surface area contributed by atoms with Crippen LogP contribution in [0.4, 0.5) is 21.9 Å². The summed E-state index contributed by atoms with van der Waals surface area (Å²) >= 11 is 0. The van der Waals surface area contributed by atoms with E-state index in [2.05, 4.69) is 10.6 Å². The average Bonchev–Trinajstić information content (AvgIpc) is 2.94. The van der Waals surface area contributed by atoms with Crippen molar-refractivity contribution in [2.75, 3.05) is 29.6 Å². The summed E-state index contributed by atoms with van der Waals surface area (Å²) in [6.07, 6.45) is 3.14. The van der Waals surface area contributed by atoms with Crippen molar-refractivity contribution in [3.05, 3.63) is 96.1 Å². The molecule has 0 aliphatic heterocycles. The average molecular weight is 529 g/mol. The number of nitrogens with one attached hydrogen (secondary N) is 2. The first kappa shape index (κ1) is 28.8. The van der Waals surface area contributed by atoms with Gasteiger partial charge in [0.2, 0.25) is 5.91 Å². The van der Waals surface area contributed by atoms with E-state index in [0.717, 1.165) is 5.56 Å². The number of hydrogen-bond acceptors (Lipinski definition) is 7. The third-order valence-corrected chi connectivity index (χ3v) is 5.83. The zero-order valence-electron chi connectivity index (χ0n) is 21.7. The number of ether oxygens (including phenoxy) is 2. The number of para-hydroxylation sites is 2. The quantitative estimate of drug-likeness (QED) is 0.181. The van der Waals surface area contributed by atoms with Crippen LogP contribution in [-0.2, 0) is 9.53 Å². The van der Waals surface area contributed by atoms with E-state index in [9.17, 15) is 9.59 Å². The minimum atomic E-state index is -0.645. The topological polar surface area (TPSA) is 147 Å². The Morgan fingerprint density at radius 1 is 1.08 bits per heavy atom. The SMILES string of the molecule is C[C@H](CC/C=C/C(=O)Nc1ccccc1N)[C@@H](OC(=O)Nc1ccc(C#N)cc1)c1cccc(OCCO)c1. The molecule has 0 spiro atoms. The van der Waals surface area contributed by atoms with Crippen molar-refractivity contribution in [1.29, 1.82) is 5.26 Å². The van der Waals surface area contributed by atoms with E-state index in [1.165, 1.54) is 6.08 Å². The standard InChI is InChI=1S/C30H32N4O5/c1-21(7-2-5-12-28(36)34-27-11-4-3-10-26(27)32)29(23-8-6-9-25(19-23)38-18-17-35)39-30(37)33-24-15-13-22(20-31)14-16-24/h3-6,8-16,19,21,29,35H,2,7,17-18,32H2,1H3,(H,33,37)(H,34,36)/b12-5+/t21-,29-/m1/s1. The van der Waals surface area contributed by atoms with Gasteiger partial charge in [-0.1, -0.05) is 37.3 Å². The molecule has 0 saturated carbocycles. The second-order valence-corrected chi connectivity index (χ2v) is 8.82. The van der Waals surface area contributed by atoms with Gasteiger partial charge in [-0.3, -0.25) is 10.1 Å². The molecule has 3 aromatic carbocycles. The summed E-state index contributed by atoms with van der Waals surface area (Å²) in [5, 5.41) is 23.5. The van der Waals surface area contributed by atoms with Gasteiger partial charge in [0.15, 0.2) is 0 Å². The molecule has 202 valence electrons. The monoisotopic (exact) mass is 528 g/mol. The van der Waals surface area contributed by atoms with Crippen molar-refractivity contribution >= 4 is 29.1 Å². The highest BCUT2D eigenvalue weighted by Gasteiger charge is 2.24. The number of aliphatic hydroxyl groups is 1. The lowest BCUT2D eigenvalue weighted by atomic mass is 9.93. The lowest BCUT2D eigenvalue weighted by Crippen LogP contribution is -2.22. The van der Waals surface area contributed by atoms with Gasteiger partial charge in [-0.2, -0.15) is 5.26 Å². The van der Waals surface area contributed by atoms with Crippen molar-refractivity contribution < 1.29 is 24.2 Å². The number of nitrogen functional groups attached to an aromatic ring is 1. The van der Waals surface area contributed by atoms with E-state index in [0.29, 0.717) is 41.2 Å². The van der Waals surface area contributed by atoms with Gasteiger partial charge in [-0.15, -0.1) is 0 Å². The largest absolute Gasteiger partial charge is 0.491 e. The molecule has 0 fully saturated rings. The van der Waals surface area contributed by atoms with Crippen LogP contribution >= 0.6 is 0 Å². The second-order valence-electron chi connectivity index (χ2n) is 8.82. The van der Waals surface area contributed by atoms with Crippen LogP contribution in [0, 0.1) is 17.2 Å². The van der Waals surface area contributed by atoms with E-state index in [-0.39, 0.29) is 25.0 Å². The molecule has 0 aliphatic rings. The molecule has 0 heterocycles. The molecular weight excluding hydrogens is 496 g/mol. The molecular formula is C30H32N4O5. The zero-order valence-corrected chi connectivity index (χ0v) is 21.7. The molecule has 5 N–H and O–H groups in total. The van der Waals surface area contributed by atoms with Crippen LogP contribution in [0.25, 0.3) is 0 Å². The number of anilines is 3. The Morgan fingerprint density at radius 3 is 2.56 bits per heavy atom. The van der Waals surface area contributed by atoms with E-state index >= 15 is 0 Å². The lowest BCUT2D eigenvalue weighted by molar-refractivity contribution is -0.111. The Balaban J connectivity index is 1.66. The number of nitrogens with zero attached hydrogens (tertiary/aromatic N) is 1. The Kier molecular flexibility index (Phi) is 10.9. The highest BCUT2D eigenvalue weighted by atomic mass is 16.6. The number of carbonyl (C=O) groups is 2. The fourth-order valence-corrected chi connectivity index (χ4v) is 3.83. The van der Waals surface area contributed by atoms with Gasteiger partial charge in [0.05, 0.1) is 29.6 Å². The van der Waals surface area contributed by atoms with Crippen molar-refractivity contribution in [1.82, 2.24) is 0 Å². The van der Waals surface area contributed by atoms with Crippen LogP contribution < -0.4 is 21.1 Å². The minimum absolute atomic E-state index is 0.121. The van der Waals surface area contributed by atoms with Crippen molar-refractivity contribution in [3.63, 3.8) is 0 Å². The van der Waals surface area contributed by atoms with Crippen LogP contribution in [0.3, 0.4) is 0 Å². The number of rotatable bonds is 12. The van der Waals surface area contributed by atoms with Crippen molar-refractivity contribution in [2.24, 2.45) is 5.92 Å². The first-order chi connectivity index (χ1) is 18.9. The number of hydrogen-bond donors (Lipinski definition) is 4. The number of aliphatic hydroxyl groups excluding tert-OH is 1. The molecule has 9 heteroatoms. The summed E-state index contributed by atoms with van der Waals surface area (Å²) in [4.78, 5) is 25.1. The molecule has 2 amide bonds. The van der Waals surface area contributed by atoms with Crippen LogP contribution in [0.1, 0.15) is 37.0 Å². The summed E-state index contributed by atoms with van der Waals surface area (Å²) in [5.41, 5.74) is 8.61. The van der Waals surface area contributed by atoms with Gasteiger partial charge in [-0.05, 0) is 78.9 Å². The van der Waals surface area contributed by atoms with Crippen molar-refractivity contribution in [3.8, 4) is 11.8 Å². The first-order valence-corrected chi connectivity index (χ1v) is 12.5. The third kappa shape index (κ3) is 9.22. The van der Waals surface area contributed by atoms with Gasteiger partial charge in [-0.25, -0.2) is 4.79 Å². The normalized spacial score (nSPS) is 12.2. The van der Waals surface area contributed by atoms with Gasteiger partial charge in [0, 0.05) is 5.69 Å². The van der Waals surface area contributed by atoms with Gasteiger partial charge in [0.1, 0.15) is 18.5 Å². The molecule has 3 rings (SSSR count). The van der Waals surface area contributed by atoms with E-state index in [1.807, 2.05) is 19.1 Å². The van der Waals surface area contributed by atoms with E-state index < -0.39 is 12.2 Å². The molecule has 39 heavy (non-hydrogen) atoms. The molecule has 3 aromatic rings. The summed E-state index contributed by atoms with van der Waals surface area (Å²) in [7, 11) is 0. The molecule has 9 nitrogen and oxygen atoms in total. The minimum Gasteiger partial charge on any atom is -0.491 e. The first-order valence-electron chi connectivity index (χ1n) is 12.5. The summed E-state index contributed by atoms with van der Waals surface area (Å²) in [6.45, 7) is 1.98. The van der Waals surface area contributed by atoms with Gasteiger partial charge < -0.3 is 25.6 Å². The number of carbonyl (C=O) groups excluding carboxylic acids is 2. The number of nitriles is 1. The Hall–Kier alpha value is -4.81. The number of nitrogens with two attached hydrogens (primary N) is 1. The maximum absolute atomic E-state index is 12.8. The maximum atomic E-state index is 12.8. The molecule has 0 saturated heterocycles. The number of amides is 2.